The molecule has 7 nitrogen and oxygen atoms in total. The van der Waals surface area contributed by atoms with E-state index in [1.807, 2.05) is 24.3 Å². The van der Waals surface area contributed by atoms with E-state index in [0.717, 1.165) is 41.3 Å². The molecule has 0 amide bonds. The summed E-state index contributed by atoms with van der Waals surface area (Å²) in [5.74, 6) is 1.47. The number of ether oxygens (including phenoxy) is 2. The highest BCUT2D eigenvalue weighted by molar-refractivity contribution is 5.39. The Balaban J connectivity index is 1.90. The fourth-order valence-electron chi connectivity index (χ4n) is 3.12. The Morgan fingerprint density at radius 1 is 1.04 bits per heavy atom. The van der Waals surface area contributed by atoms with Crippen molar-refractivity contribution < 1.29 is 9.47 Å². The maximum Gasteiger partial charge on any atom is 0.330 e. The zero-order chi connectivity index (χ0) is 20.7. The smallest absolute Gasteiger partial charge is 0.330 e. The van der Waals surface area contributed by atoms with Gasteiger partial charge in [-0.2, -0.15) is 0 Å². The summed E-state index contributed by atoms with van der Waals surface area (Å²) in [4.78, 5) is 26.2. The highest BCUT2D eigenvalue weighted by Gasteiger charge is 2.12. The first-order valence-corrected chi connectivity index (χ1v) is 9.61. The quantitative estimate of drug-likeness (QED) is 0.620. The van der Waals surface area contributed by atoms with Crippen molar-refractivity contribution in [2.45, 2.75) is 32.7 Å². The van der Waals surface area contributed by atoms with Crippen molar-refractivity contribution in [1.82, 2.24) is 14.0 Å². The molecule has 0 fully saturated rings. The van der Waals surface area contributed by atoms with Gasteiger partial charge in [-0.25, -0.2) is 4.79 Å². The molecule has 1 aromatic carbocycles. The van der Waals surface area contributed by atoms with Gasteiger partial charge in [-0.05, 0) is 45.4 Å². The Hall–Kier alpha value is -2.54. The van der Waals surface area contributed by atoms with Gasteiger partial charge in [0.05, 0.1) is 7.11 Å². The maximum atomic E-state index is 12.0. The lowest BCUT2D eigenvalue weighted by Crippen LogP contribution is -2.38. The summed E-state index contributed by atoms with van der Waals surface area (Å²) in [7, 11) is 4.84. The van der Waals surface area contributed by atoms with Crippen molar-refractivity contribution in [3.63, 3.8) is 0 Å². The molecule has 0 atom stereocenters. The van der Waals surface area contributed by atoms with Crippen LogP contribution < -0.4 is 20.7 Å². The molecule has 0 N–H and O–H groups in total. The Kier molecular flexibility index (Phi) is 7.87. The first kappa shape index (κ1) is 21.8. The van der Waals surface area contributed by atoms with Gasteiger partial charge in [-0.1, -0.05) is 12.1 Å². The van der Waals surface area contributed by atoms with Crippen molar-refractivity contribution in [2.75, 3.05) is 26.8 Å². The first-order valence-electron chi connectivity index (χ1n) is 9.61. The zero-order valence-corrected chi connectivity index (χ0v) is 17.5. The largest absolute Gasteiger partial charge is 0.493 e. The number of benzene rings is 1. The number of para-hydroxylation sites is 2. The second-order valence-electron chi connectivity index (χ2n) is 7.11. The Bertz CT molecular complexity index is 886. The van der Waals surface area contributed by atoms with Crippen LogP contribution in [0.1, 0.15) is 26.0 Å². The van der Waals surface area contributed by atoms with Gasteiger partial charge in [0.15, 0.2) is 11.5 Å². The van der Waals surface area contributed by atoms with Crippen LogP contribution in [0.5, 0.6) is 11.5 Å². The third kappa shape index (κ3) is 5.48. The monoisotopic (exact) mass is 389 g/mol. The highest BCUT2D eigenvalue weighted by Crippen LogP contribution is 2.25. The third-order valence-corrected chi connectivity index (χ3v) is 4.94. The van der Waals surface area contributed by atoms with Crippen LogP contribution in [-0.2, 0) is 20.5 Å². The van der Waals surface area contributed by atoms with Gasteiger partial charge >= 0.3 is 5.69 Å². The SMILES string of the molecule is COc1ccccc1OCCN(CCCc1cc(=O)n(C)c(=O)n1C)C(C)C. The van der Waals surface area contributed by atoms with Gasteiger partial charge in [0, 0.05) is 38.4 Å². The Morgan fingerprint density at radius 3 is 2.36 bits per heavy atom. The molecule has 7 heteroatoms. The Labute approximate surface area is 166 Å². The Morgan fingerprint density at radius 2 is 1.71 bits per heavy atom. The number of aryl methyl sites for hydroxylation is 1. The van der Waals surface area contributed by atoms with E-state index in [2.05, 4.69) is 18.7 Å². The number of rotatable bonds is 10. The molecule has 2 aromatic rings. The van der Waals surface area contributed by atoms with Crippen LogP contribution >= 0.6 is 0 Å². The molecule has 0 saturated carbocycles. The van der Waals surface area contributed by atoms with E-state index < -0.39 is 0 Å². The minimum atomic E-state index is -0.284. The van der Waals surface area contributed by atoms with E-state index in [-0.39, 0.29) is 11.2 Å². The van der Waals surface area contributed by atoms with Crippen LogP contribution in [0.4, 0.5) is 0 Å². The zero-order valence-electron chi connectivity index (χ0n) is 17.5. The number of hydrogen-bond acceptors (Lipinski definition) is 5. The van der Waals surface area contributed by atoms with Gasteiger partial charge in [0.25, 0.3) is 5.56 Å². The van der Waals surface area contributed by atoms with E-state index in [1.54, 1.807) is 24.8 Å². The minimum Gasteiger partial charge on any atom is -0.493 e. The van der Waals surface area contributed by atoms with Crippen LogP contribution in [0.25, 0.3) is 0 Å². The second kappa shape index (κ2) is 10.1. The number of aromatic nitrogens is 2. The van der Waals surface area contributed by atoms with Crippen LogP contribution in [0.2, 0.25) is 0 Å². The molecule has 1 aromatic heterocycles. The lowest BCUT2D eigenvalue weighted by molar-refractivity contribution is 0.171. The van der Waals surface area contributed by atoms with Crippen LogP contribution in [0.15, 0.2) is 39.9 Å². The predicted octanol–water partition coefficient (Wildman–Crippen LogP) is 1.81. The topological polar surface area (TPSA) is 65.7 Å². The predicted molar refractivity (Wildman–Crippen MR) is 110 cm³/mol. The maximum absolute atomic E-state index is 12.0. The van der Waals surface area contributed by atoms with Crippen LogP contribution in [-0.4, -0.2) is 46.9 Å². The van der Waals surface area contributed by atoms with Gasteiger partial charge in [0.2, 0.25) is 0 Å². The minimum absolute atomic E-state index is 0.260. The molecule has 0 unspecified atom stereocenters. The molecule has 0 spiro atoms. The number of hydrogen-bond donors (Lipinski definition) is 0. The van der Waals surface area contributed by atoms with E-state index in [1.165, 1.54) is 7.05 Å². The summed E-state index contributed by atoms with van der Waals surface area (Å²) in [6, 6.07) is 9.53. The molecule has 154 valence electrons. The molecule has 1 heterocycles. The fraction of sp³-hybridized carbons (Fsp3) is 0.524. The summed E-state index contributed by atoms with van der Waals surface area (Å²) in [6.45, 7) is 6.50. The van der Waals surface area contributed by atoms with Crippen molar-refractivity contribution >= 4 is 0 Å². The number of methoxy groups -OCH3 is 1. The number of nitrogens with zero attached hydrogens (tertiary/aromatic N) is 3. The summed E-state index contributed by atoms with van der Waals surface area (Å²) in [5.41, 5.74) is 0.222. The summed E-state index contributed by atoms with van der Waals surface area (Å²) in [5, 5.41) is 0. The molecular weight excluding hydrogens is 358 g/mol. The summed E-state index contributed by atoms with van der Waals surface area (Å²) >= 11 is 0. The molecule has 0 aliphatic heterocycles. The van der Waals surface area contributed by atoms with Crippen molar-refractivity contribution in [2.24, 2.45) is 14.1 Å². The van der Waals surface area contributed by atoms with E-state index in [9.17, 15) is 9.59 Å². The van der Waals surface area contributed by atoms with E-state index in [4.69, 9.17) is 9.47 Å². The molecular formula is C21H31N3O4. The lowest BCUT2D eigenvalue weighted by Gasteiger charge is -2.26. The average Bonchev–Trinajstić information content (AvgIpc) is 2.69. The summed E-state index contributed by atoms with van der Waals surface area (Å²) < 4.78 is 13.9. The second-order valence-corrected chi connectivity index (χ2v) is 7.11. The molecule has 2 rings (SSSR count). The first-order chi connectivity index (χ1) is 13.3. The van der Waals surface area contributed by atoms with Crippen molar-refractivity contribution in [1.29, 1.82) is 0 Å². The van der Waals surface area contributed by atoms with Gasteiger partial charge in [-0.3, -0.25) is 14.3 Å². The van der Waals surface area contributed by atoms with Crippen molar-refractivity contribution in [3.8, 4) is 11.5 Å². The van der Waals surface area contributed by atoms with Gasteiger partial charge in [-0.15, -0.1) is 0 Å². The van der Waals surface area contributed by atoms with Crippen LogP contribution in [0.3, 0.4) is 0 Å². The van der Waals surface area contributed by atoms with Gasteiger partial charge < -0.3 is 14.0 Å². The average molecular weight is 389 g/mol. The molecule has 0 bridgehead atoms. The van der Waals surface area contributed by atoms with E-state index >= 15 is 0 Å². The lowest BCUT2D eigenvalue weighted by atomic mass is 10.2. The fourth-order valence-corrected chi connectivity index (χ4v) is 3.12. The van der Waals surface area contributed by atoms with Crippen LogP contribution in [0, 0.1) is 0 Å². The highest BCUT2D eigenvalue weighted by atomic mass is 16.5. The molecule has 0 aliphatic rings. The summed E-state index contributed by atoms with van der Waals surface area (Å²) in [6.07, 6.45) is 1.53. The molecule has 0 radical (unpaired) electrons. The normalized spacial score (nSPS) is 11.2. The standard InChI is InChI=1S/C21H31N3O4/c1-16(2)24(13-14-28-19-11-7-6-10-18(19)27-5)12-8-9-17-15-20(25)23(4)21(26)22(17)3/h6-7,10-11,15-16H,8-9,12-14H2,1-5H3. The third-order valence-electron chi connectivity index (χ3n) is 4.94. The molecule has 0 aliphatic carbocycles. The molecule has 0 saturated heterocycles. The van der Waals surface area contributed by atoms with Crippen molar-refractivity contribution in [3.05, 3.63) is 56.9 Å². The molecule has 28 heavy (non-hydrogen) atoms. The van der Waals surface area contributed by atoms with Gasteiger partial charge in [0.1, 0.15) is 6.61 Å². The van der Waals surface area contributed by atoms with E-state index in [0.29, 0.717) is 19.1 Å².